The molecule has 0 bridgehead atoms. The van der Waals surface area contributed by atoms with Gasteiger partial charge in [-0.2, -0.15) is 20.2 Å². The lowest BCUT2D eigenvalue weighted by Gasteiger charge is -2.42. The molecule has 3 aromatic rings. The van der Waals surface area contributed by atoms with E-state index >= 15 is 0 Å². The van der Waals surface area contributed by atoms with Gasteiger partial charge in [0.2, 0.25) is 35.2 Å². The van der Waals surface area contributed by atoms with Crippen LogP contribution in [0.3, 0.4) is 0 Å². The number of hydrogen-bond donors (Lipinski definition) is 0. The zero-order valence-corrected chi connectivity index (χ0v) is 27.0. The maximum Gasteiger partial charge on any atom is 0.246 e. The number of nitriles is 1. The molecule has 0 saturated carbocycles. The molecule has 0 spiro atoms. The number of ether oxygens (including phenoxy) is 2. The van der Waals surface area contributed by atoms with E-state index in [2.05, 4.69) is 32.8 Å². The van der Waals surface area contributed by atoms with E-state index in [0.29, 0.717) is 25.8 Å². The highest BCUT2D eigenvalue weighted by Gasteiger charge is 2.39. The van der Waals surface area contributed by atoms with Crippen molar-refractivity contribution in [3.05, 3.63) is 60.0 Å². The number of hydrogen-bond acceptors (Lipinski definition) is 10. The van der Waals surface area contributed by atoms with Crippen LogP contribution in [-0.2, 0) is 10.2 Å². The summed E-state index contributed by atoms with van der Waals surface area (Å²) in [5.41, 5.74) is -1.58. The number of amides is 1. The van der Waals surface area contributed by atoms with Crippen molar-refractivity contribution >= 4 is 5.91 Å². The molecule has 47 heavy (non-hydrogen) atoms. The first kappa shape index (κ1) is 33.8. The van der Waals surface area contributed by atoms with Gasteiger partial charge in [0, 0.05) is 43.1 Å². The Morgan fingerprint density at radius 1 is 1.19 bits per heavy atom. The SMILES string of the molecule is C=CC(=O)N1[C@H](CC#N)C[C@@H](Oc2cc(O[C@@H](C)[C@@H]3C[C@@H](F)CN3C)nc(-c3noc(C(C)(C)c4c(F)cccc4F)n3)n2)C[C@H]1C. The number of aromatic nitrogens is 4. The summed E-state index contributed by atoms with van der Waals surface area (Å²) in [6.07, 6.45) is 0.593. The monoisotopic (exact) mass is 653 g/mol. The summed E-state index contributed by atoms with van der Waals surface area (Å²) >= 11 is 0. The van der Waals surface area contributed by atoms with E-state index in [1.54, 1.807) is 18.7 Å². The standard InChI is InChI=1S/C33H38F3N7O4/c1-7-28(44)43-18(2)13-22(15-21(43)11-12-37)46-27-16-26(45-19(3)25-14-20(34)17-42(25)6)38-30(39-27)31-40-32(47-41-31)33(4,5)29-23(35)9-8-10-24(29)36/h7-10,16,18-22,25H,1,11,13-15,17H2,2-6H3/t18-,19+,20-,21-,22+,25+/m1/s1. The predicted molar refractivity (Wildman–Crippen MR) is 164 cm³/mol. The fourth-order valence-electron chi connectivity index (χ4n) is 6.60. The second kappa shape index (κ2) is 13.7. The lowest BCUT2D eigenvalue weighted by molar-refractivity contribution is -0.134. The Hall–Kier alpha value is -4.51. The minimum Gasteiger partial charge on any atom is -0.474 e. The zero-order chi connectivity index (χ0) is 34.0. The van der Waals surface area contributed by atoms with E-state index in [0.717, 1.165) is 12.1 Å². The number of halogens is 3. The van der Waals surface area contributed by atoms with Crippen LogP contribution in [0.4, 0.5) is 13.2 Å². The van der Waals surface area contributed by atoms with Crippen molar-refractivity contribution in [1.82, 2.24) is 29.9 Å². The first-order chi connectivity index (χ1) is 22.3. The molecule has 250 valence electrons. The van der Waals surface area contributed by atoms with Crippen LogP contribution in [0, 0.1) is 23.0 Å². The molecular weight excluding hydrogens is 615 g/mol. The third-order valence-corrected chi connectivity index (χ3v) is 8.88. The van der Waals surface area contributed by atoms with Crippen molar-refractivity contribution in [2.24, 2.45) is 0 Å². The average molecular weight is 654 g/mol. The van der Waals surface area contributed by atoms with Gasteiger partial charge in [0.25, 0.3) is 0 Å². The first-order valence-electron chi connectivity index (χ1n) is 15.5. The number of benzene rings is 1. The van der Waals surface area contributed by atoms with Crippen LogP contribution in [0.5, 0.6) is 11.8 Å². The van der Waals surface area contributed by atoms with Gasteiger partial charge in [-0.25, -0.2) is 13.2 Å². The van der Waals surface area contributed by atoms with Crippen molar-refractivity contribution in [1.29, 1.82) is 5.26 Å². The van der Waals surface area contributed by atoms with Crippen molar-refractivity contribution < 1.29 is 32.0 Å². The summed E-state index contributed by atoms with van der Waals surface area (Å²) in [5.74, 6) is -1.74. The van der Waals surface area contributed by atoms with Gasteiger partial charge in [0.1, 0.15) is 30.0 Å². The fourth-order valence-corrected chi connectivity index (χ4v) is 6.60. The molecule has 2 aromatic heterocycles. The van der Waals surface area contributed by atoms with Crippen LogP contribution in [0.1, 0.15) is 64.8 Å². The lowest BCUT2D eigenvalue weighted by atomic mass is 9.83. The minimum atomic E-state index is -1.35. The molecule has 5 rings (SSSR count). The van der Waals surface area contributed by atoms with Crippen LogP contribution < -0.4 is 9.47 Å². The van der Waals surface area contributed by atoms with Crippen molar-refractivity contribution in [3.63, 3.8) is 0 Å². The van der Waals surface area contributed by atoms with E-state index in [1.807, 2.05) is 25.8 Å². The number of piperidine rings is 1. The molecule has 0 N–H and O–H groups in total. The summed E-state index contributed by atoms with van der Waals surface area (Å²) in [4.78, 5) is 29.5. The number of nitrogens with zero attached hydrogens (tertiary/aromatic N) is 7. The molecule has 0 aliphatic carbocycles. The molecule has 2 aliphatic heterocycles. The van der Waals surface area contributed by atoms with Crippen molar-refractivity contribution in [2.75, 3.05) is 13.6 Å². The summed E-state index contributed by atoms with van der Waals surface area (Å²) in [7, 11) is 1.83. The van der Waals surface area contributed by atoms with E-state index in [9.17, 15) is 23.2 Å². The topological polar surface area (TPSA) is 130 Å². The molecule has 0 radical (unpaired) electrons. The van der Waals surface area contributed by atoms with Crippen LogP contribution in [0.15, 0.2) is 41.4 Å². The molecule has 4 heterocycles. The van der Waals surface area contributed by atoms with Crippen molar-refractivity contribution in [3.8, 4) is 29.5 Å². The number of alkyl halides is 1. The van der Waals surface area contributed by atoms with Gasteiger partial charge in [-0.15, -0.1) is 0 Å². The molecular formula is C33H38F3N7O4. The van der Waals surface area contributed by atoms with E-state index in [1.165, 1.54) is 18.2 Å². The molecule has 11 nitrogen and oxygen atoms in total. The summed E-state index contributed by atoms with van der Waals surface area (Å²) in [6.45, 7) is 10.7. The Morgan fingerprint density at radius 2 is 1.89 bits per heavy atom. The predicted octanol–water partition coefficient (Wildman–Crippen LogP) is 5.17. The Kier molecular flexibility index (Phi) is 9.86. The van der Waals surface area contributed by atoms with Crippen LogP contribution in [0.25, 0.3) is 11.6 Å². The number of rotatable bonds is 10. The Morgan fingerprint density at radius 3 is 2.53 bits per heavy atom. The number of carbonyl (C=O) groups is 1. The molecule has 1 aromatic carbocycles. The minimum absolute atomic E-state index is 0.0338. The van der Waals surface area contributed by atoms with E-state index in [4.69, 9.17) is 14.0 Å². The largest absolute Gasteiger partial charge is 0.474 e. The number of carbonyl (C=O) groups excluding carboxylic acids is 1. The second-order valence-electron chi connectivity index (χ2n) is 12.7. The normalized spacial score (nSPS) is 24.1. The third-order valence-electron chi connectivity index (χ3n) is 8.88. The first-order valence-corrected chi connectivity index (χ1v) is 15.5. The smallest absolute Gasteiger partial charge is 0.246 e. The molecule has 6 atom stereocenters. The molecule has 2 saturated heterocycles. The maximum absolute atomic E-state index is 14.7. The average Bonchev–Trinajstić information content (AvgIpc) is 3.63. The molecule has 2 fully saturated rings. The highest BCUT2D eigenvalue weighted by Crippen LogP contribution is 2.36. The lowest BCUT2D eigenvalue weighted by Crippen LogP contribution is -2.53. The van der Waals surface area contributed by atoms with Gasteiger partial charge < -0.3 is 18.9 Å². The van der Waals surface area contributed by atoms with Crippen LogP contribution in [-0.4, -0.2) is 85.9 Å². The van der Waals surface area contributed by atoms with Crippen molar-refractivity contribution in [2.45, 2.75) is 95.3 Å². The quantitative estimate of drug-likeness (QED) is 0.270. The molecule has 1 amide bonds. The Balaban J connectivity index is 1.47. The van der Waals surface area contributed by atoms with Gasteiger partial charge in [0.05, 0.1) is 24.0 Å². The molecule has 14 heteroatoms. The van der Waals surface area contributed by atoms with Gasteiger partial charge in [-0.1, -0.05) is 17.8 Å². The molecule has 0 unspecified atom stereocenters. The highest BCUT2D eigenvalue weighted by atomic mass is 19.1. The van der Waals surface area contributed by atoms with E-state index < -0.39 is 41.5 Å². The maximum atomic E-state index is 14.7. The third kappa shape index (κ3) is 7.10. The summed E-state index contributed by atoms with van der Waals surface area (Å²) < 4.78 is 61.6. The highest BCUT2D eigenvalue weighted by molar-refractivity contribution is 5.87. The van der Waals surface area contributed by atoms with Gasteiger partial charge >= 0.3 is 0 Å². The summed E-state index contributed by atoms with van der Waals surface area (Å²) in [5, 5.41) is 13.5. The fraction of sp³-hybridized carbons (Fsp3) is 0.515. The second-order valence-corrected chi connectivity index (χ2v) is 12.7. The van der Waals surface area contributed by atoms with E-state index in [-0.39, 0.29) is 59.3 Å². The zero-order valence-electron chi connectivity index (χ0n) is 27.0. The number of likely N-dealkylation sites (N-methyl/N-ethyl adjacent to an activating group) is 1. The number of likely N-dealkylation sites (tertiary alicyclic amines) is 2. The van der Waals surface area contributed by atoms with Gasteiger partial charge in [-0.05, 0) is 59.4 Å². The Labute approximate surface area is 271 Å². The summed E-state index contributed by atoms with van der Waals surface area (Å²) in [6, 6.07) is 6.37. The Bertz CT molecular complexity index is 1640. The van der Waals surface area contributed by atoms with Gasteiger partial charge in [0.15, 0.2) is 0 Å². The van der Waals surface area contributed by atoms with Crippen LogP contribution in [0.2, 0.25) is 0 Å². The van der Waals surface area contributed by atoms with Crippen LogP contribution >= 0.6 is 0 Å². The van der Waals surface area contributed by atoms with Gasteiger partial charge in [-0.3, -0.25) is 9.69 Å². The molecule has 2 aliphatic rings.